The van der Waals surface area contributed by atoms with Crippen molar-refractivity contribution in [1.29, 1.82) is 0 Å². The Hall–Kier alpha value is -3.82. The van der Waals surface area contributed by atoms with Crippen LogP contribution in [0.4, 0.5) is 5.13 Å². The summed E-state index contributed by atoms with van der Waals surface area (Å²) in [6.07, 6.45) is 5.40. The van der Waals surface area contributed by atoms with Crippen molar-refractivity contribution < 1.29 is 29.3 Å². The molecule has 0 spiro atoms. The molecule has 15 heteroatoms. The molecule has 0 radical (unpaired) electrons. The van der Waals surface area contributed by atoms with Gasteiger partial charge in [-0.2, -0.15) is 0 Å². The molecule has 184 valence electrons. The highest BCUT2D eigenvalue weighted by Gasteiger charge is 2.54. The Kier molecular flexibility index (Phi) is 6.42. The van der Waals surface area contributed by atoms with Gasteiger partial charge in [0.05, 0.1) is 0 Å². The van der Waals surface area contributed by atoms with E-state index >= 15 is 0 Å². The number of pyridine rings is 1. The topological polar surface area (TPSA) is 175 Å². The van der Waals surface area contributed by atoms with Crippen molar-refractivity contribution in [3.63, 3.8) is 0 Å². The lowest BCUT2D eigenvalue weighted by Crippen LogP contribution is -2.71. The number of thiazole rings is 2. The Morgan fingerprint density at radius 1 is 1.31 bits per heavy atom. The zero-order chi connectivity index (χ0) is 25.4. The van der Waals surface area contributed by atoms with E-state index in [-0.39, 0.29) is 28.8 Å². The van der Waals surface area contributed by atoms with Crippen molar-refractivity contribution >= 4 is 63.1 Å². The van der Waals surface area contributed by atoms with Crippen molar-refractivity contribution in [1.82, 2.24) is 20.2 Å². The fourth-order valence-corrected chi connectivity index (χ4v) is 6.44. The second-order valence-electron chi connectivity index (χ2n) is 7.73. The maximum atomic E-state index is 12.9. The third-order valence-electron chi connectivity index (χ3n) is 5.56. The summed E-state index contributed by atoms with van der Waals surface area (Å²) in [7, 11) is 0. The molecule has 5 rings (SSSR count). The number of thioether (sulfide) groups is 1. The van der Waals surface area contributed by atoms with E-state index in [9.17, 15) is 24.7 Å². The number of carboxylic acid groups (broad SMARTS) is 1. The number of hydrogen-bond donors (Lipinski definition) is 4. The molecule has 0 bridgehead atoms. The van der Waals surface area contributed by atoms with E-state index in [0.717, 1.165) is 21.9 Å². The SMILES string of the molecule is Nc1nc(/C(=N/O)C(=O)N[C@@H]2C(=O)N3C(C(=O)O)=C(C[n+]4ccc(-c5nccs5)cc4)CS[C@H]23)cs1. The summed E-state index contributed by atoms with van der Waals surface area (Å²) < 4.78 is 1.84. The standard InChI is InChI=1S/C21H17N7O5S3/c22-21-24-12(9-36-21)13(26-33)16(29)25-14-18(30)28-15(20(31)32)11(8-35-19(14)28)7-27-4-1-10(2-5-27)17-23-3-6-34-17/h1-6,9,14,19H,7-8H2,(H4-,22,24,25,29,31,32,33)/p+1/t14-,19-/m1/s1. The summed E-state index contributed by atoms with van der Waals surface area (Å²) in [5.41, 5.74) is 6.69. The number of anilines is 1. The summed E-state index contributed by atoms with van der Waals surface area (Å²) >= 11 is 3.94. The number of fused-ring (bicyclic) bond motifs is 1. The van der Waals surface area contributed by atoms with Gasteiger partial charge >= 0.3 is 5.97 Å². The normalized spacial score (nSPS) is 19.6. The number of carbonyl (C=O) groups excluding carboxylic acids is 2. The Balaban J connectivity index is 1.32. The molecule has 2 atom stereocenters. The molecule has 2 amide bonds. The minimum Gasteiger partial charge on any atom is -0.477 e. The number of nitrogen functional groups attached to an aromatic ring is 1. The molecule has 5 N–H and O–H groups in total. The zero-order valence-corrected chi connectivity index (χ0v) is 20.7. The summed E-state index contributed by atoms with van der Waals surface area (Å²) in [4.78, 5) is 47.1. The molecule has 36 heavy (non-hydrogen) atoms. The summed E-state index contributed by atoms with van der Waals surface area (Å²) in [5.74, 6) is -2.24. The van der Waals surface area contributed by atoms with E-state index < -0.39 is 29.2 Å². The lowest BCUT2D eigenvalue weighted by molar-refractivity contribution is -0.689. The van der Waals surface area contributed by atoms with Crippen LogP contribution in [0.15, 0.2) is 57.9 Å². The summed E-state index contributed by atoms with van der Waals surface area (Å²) in [5, 5.41) is 28.5. The van der Waals surface area contributed by atoms with Gasteiger partial charge in [0.25, 0.3) is 11.8 Å². The quantitative estimate of drug-likeness (QED) is 0.110. The molecule has 3 aromatic heterocycles. The van der Waals surface area contributed by atoms with E-state index in [1.807, 2.05) is 34.5 Å². The van der Waals surface area contributed by atoms with E-state index in [1.165, 1.54) is 33.4 Å². The van der Waals surface area contributed by atoms with Crippen LogP contribution < -0.4 is 15.6 Å². The summed E-state index contributed by atoms with van der Waals surface area (Å²) in [6, 6.07) is 2.82. The van der Waals surface area contributed by atoms with Gasteiger partial charge in [-0.1, -0.05) is 5.16 Å². The number of carbonyl (C=O) groups is 3. The van der Waals surface area contributed by atoms with Gasteiger partial charge < -0.3 is 21.4 Å². The van der Waals surface area contributed by atoms with Crippen molar-refractivity contribution in [2.45, 2.75) is 18.0 Å². The highest BCUT2D eigenvalue weighted by atomic mass is 32.2. The number of nitrogens with zero attached hydrogens (tertiary/aromatic N) is 5. The predicted molar refractivity (Wildman–Crippen MR) is 132 cm³/mol. The fraction of sp³-hybridized carbons (Fsp3) is 0.190. The average Bonchev–Trinajstić information content (AvgIpc) is 3.55. The molecule has 1 fully saturated rings. The number of rotatable bonds is 7. The molecule has 0 saturated carbocycles. The summed E-state index contributed by atoms with van der Waals surface area (Å²) in [6.45, 7) is 0.285. The number of amides is 2. The van der Waals surface area contributed by atoms with E-state index in [0.29, 0.717) is 11.3 Å². The Labute approximate surface area is 215 Å². The molecule has 3 aromatic rings. The number of aliphatic carboxylic acids is 1. The van der Waals surface area contributed by atoms with Crippen molar-refractivity contribution in [3.05, 3.63) is 58.4 Å². The first kappa shape index (κ1) is 23.9. The molecule has 0 aromatic carbocycles. The van der Waals surface area contributed by atoms with Crippen LogP contribution in [0.5, 0.6) is 0 Å². The Morgan fingerprint density at radius 2 is 2.08 bits per heavy atom. The van der Waals surface area contributed by atoms with Gasteiger partial charge in [-0.15, -0.1) is 34.4 Å². The molecule has 2 aliphatic rings. The monoisotopic (exact) mass is 544 g/mol. The lowest BCUT2D eigenvalue weighted by Gasteiger charge is -2.49. The second kappa shape index (κ2) is 9.67. The van der Waals surface area contributed by atoms with Crippen LogP contribution in [0.2, 0.25) is 0 Å². The first-order chi connectivity index (χ1) is 17.4. The predicted octanol–water partition coefficient (Wildman–Crippen LogP) is 0.753. The van der Waals surface area contributed by atoms with Gasteiger partial charge in [0.15, 0.2) is 29.8 Å². The number of nitrogens with two attached hydrogens (primary N) is 1. The molecule has 1 saturated heterocycles. The fourth-order valence-electron chi connectivity index (χ4n) is 3.92. The Morgan fingerprint density at radius 3 is 2.69 bits per heavy atom. The highest BCUT2D eigenvalue weighted by Crippen LogP contribution is 2.40. The molecule has 0 aliphatic carbocycles. The first-order valence-corrected chi connectivity index (χ1v) is 13.2. The lowest BCUT2D eigenvalue weighted by atomic mass is 10.0. The third-order valence-corrected chi connectivity index (χ3v) is 8.40. The number of hydrogen-bond acceptors (Lipinski definition) is 11. The van der Waals surface area contributed by atoms with Crippen LogP contribution in [0.3, 0.4) is 0 Å². The van der Waals surface area contributed by atoms with E-state index in [4.69, 9.17) is 5.73 Å². The molecular weight excluding hydrogens is 526 g/mol. The minimum atomic E-state index is -1.22. The van der Waals surface area contributed by atoms with Crippen LogP contribution in [-0.4, -0.2) is 65.8 Å². The van der Waals surface area contributed by atoms with Gasteiger partial charge in [-0.05, 0) is 0 Å². The van der Waals surface area contributed by atoms with Gasteiger partial charge in [0.1, 0.15) is 27.8 Å². The van der Waals surface area contributed by atoms with Crippen molar-refractivity contribution in [2.75, 3.05) is 11.5 Å². The van der Waals surface area contributed by atoms with E-state index in [1.54, 1.807) is 6.20 Å². The van der Waals surface area contributed by atoms with Gasteiger partial charge in [-0.3, -0.25) is 14.5 Å². The highest BCUT2D eigenvalue weighted by molar-refractivity contribution is 8.00. The third kappa shape index (κ3) is 4.31. The second-order valence-corrected chi connectivity index (χ2v) is 10.6. The van der Waals surface area contributed by atoms with Gasteiger partial charge in [0.2, 0.25) is 0 Å². The number of oxime groups is 1. The van der Waals surface area contributed by atoms with Crippen molar-refractivity contribution in [3.8, 4) is 10.6 Å². The van der Waals surface area contributed by atoms with Crippen LogP contribution >= 0.6 is 34.4 Å². The molecule has 5 heterocycles. The van der Waals surface area contributed by atoms with Gasteiger partial charge in [-0.25, -0.2) is 19.3 Å². The zero-order valence-electron chi connectivity index (χ0n) is 18.3. The average molecular weight is 545 g/mol. The maximum absolute atomic E-state index is 12.9. The minimum absolute atomic E-state index is 0.0729. The molecule has 2 aliphatic heterocycles. The maximum Gasteiger partial charge on any atom is 0.352 e. The van der Waals surface area contributed by atoms with Crippen LogP contribution in [0.1, 0.15) is 5.69 Å². The number of carboxylic acids is 1. The van der Waals surface area contributed by atoms with Gasteiger partial charge in [0, 0.05) is 46.0 Å². The molecule has 12 nitrogen and oxygen atoms in total. The van der Waals surface area contributed by atoms with Crippen LogP contribution in [0.25, 0.3) is 10.6 Å². The number of aromatic nitrogens is 3. The molecular formula is C21H18N7O5S3+. The van der Waals surface area contributed by atoms with E-state index in [2.05, 4.69) is 20.4 Å². The first-order valence-electron chi connectivity index (χ1n) is 10.4. The largest absolute Gasteiger partial charge is 0.477 e. The van der Waals surface area contributed by atoms with Crippen LogP contribution in [-0.2, 0) is 20.9 Å². The number of β-lactam (4-membered cyclic amide) rings is 1. The smallest absolute Gasteiger partial charge is 0.352 e. The Bertz CT molecular complexity index is 1400. The van der Waals surface area contributed by atoms with Crippen molar-refractivity contribution in [2.24, 2.45) is 5.16 Å². The number of nitrogens with one attached hydrogen (secondary N) is 1. The molecule has 0 unspecified atom stereocenters. The van der Waals surface area contributed by atoms with Crippen LogP contribution in [0, 0.1) is 0 Å².